The Morgan fingerprint density at radius 1 is 1.12 bits per heavy atom. The largest absolute Gasteiger partial charge is 0.481 e. The van der Waals surface area contributed by atoms with E-state index in [1.54, 1.807) is 0 Å². The molecule has 26 heavy (non-hydrogen) atoms. The molecule has 2 aliphatic rings. The normalized spacial score (nSPS) is 22.3. The molecule has 2 aromatic carbocycles. The summed E-state index contributed by atoms with van der Waals surface area (Å²) in [4.78, 5) is 17.5. The van der Waals surface area contributed by atoms with E-state index in [-0.39, 0.29) is 0 Å². The van der Waals surface area contributed by atoms with Crippen LogP contribution in [0.3, 0.4) is 0 Å². The first-order valence-electron chi connectivity index (χ1n) is 9.47. The van der Waals surface area contributed by atoms with E-state index in [4.69, 9.17) is 4.98 Å². The summed E-state index contributed by atoms with van der Waals surface area (Å²) in [6, 6.07) is 16.0. The minimum Gasteiger partial charge on any atom is -0.481 e. The first kappa shape index (κ1) is 15.6. The molecule has 1 N–H and O–H groups in total. The number of rotatable bonds is 3. The van der Waals surface area contributed by atoms with Gasteiger partial charge in [-0.2, -0.15) is 0 Å². The molecule has 2 heterocycles. The Balaban J connectivity index is 1.75. The Bertz CT molecular complexity index is 1000. The minimum atomic E-state index is -0.873. The molecule has 1 aliphatic carbocycles. The van der Waals surface area contributed by atoms with Gasteiger partial charge in [-0.3, -0.25) is 4.79 Å². The van der Waals surface area contributed by atoms with Crippen LogP contribution in [0.4, 0.5) is 0 Å². The zero-order valence-corrected chi connectivity index (χ0v) is 14.7. The van der Waals surface area contributed by atoms with Crippen LogP contribution >= 0.6 is 0 Å². The monoisotopic (exact) mass is 346 g/mol. The van der Waals surface area contributed by atoms with Gasteiger partial charge in [-0.1, -0.05) is 62.1 Å². The van der Waals surface area contributed by atoms with Crippen LogP contribution in [0.5, 0.6) is 0 Å². The number of aromatic nitrogens is 2. The highest BCUT2D eigenvalue weighted by Gasteiger charge is 2.47. The van der Waals surface area contributed by atoms with Crippen LogP contribution in [0.15, 0.2) is 48.5 Å². The summed E-state index contributed by atoms with van der Waals surface area (Å²) in [6.45, 7) is 0.464. The molecule has 1 atom stereocenters. The standard InChI is InChI=1S/C22H22N2O2/c25-21(26)22(13-15-7-1-2-8-15)14-24-19-12-6-5-11-18(19)23-20(24)16-9-3-4-10-17(16)22/h3-6,9-12,15H,1-2,7-8,13-14H2,(H,25,26). The lowest BCUT2D eigenvalue weighted by Crippen LogP contribution is -2.44. The number of carboxylic acid groups (broad SMARTS) is 1. The molecule has 1 unspecified atom stereocenters. The van der Waals surface area contributed by atoms with Crippen LogP contribution in [0.25, 0.3) is 22.4 Å². The fraction of sp³-hybridized carbons (Fsp3) is 0.364. The number of imidazole rings is 1. The number of hydrogen-bond acceptors (Lipinski definition) is 2. The molecule has 0 radical (unpaired) electrons. The fourth-order valence-electron chi connectivity index (χ4n) is 5.04. The molecular weight excluding hydrogens is 324 g/mol. The van der Waals surface area contributed by atoms with Crippen molar-refractivity contribution in [2.45, 2.75) is 44.1 Å². The average Bonchev–Trinajstić information content (AvgIpc) is 3.29. The number of para-hydroxylation sites is 2. The quantitative estimate of drug-likeness (QED) is 0.753. The van der Waals surface area contributed by atoms with Crippen LogP contribution in [-0.4, -0.2) is 20.6 Å². The first-order valence-corrected chi connectivity index (χ1v) is 9.47. The number of hydrogen-bond donors (Lipinski definition) is 1. The third-order valence-electron chi connectivity index (χ3n) is 6.29. The molecule has 132 valence electrons. The second-order valence-electron chi connectivity index (χ2n) is 7.80. The van der Waals surface area contributed by atoms with E-state index >= 15 is 0 Å². The molecule has 1 fully saturated rings. The molecule has 5 rings (SSSR count). The van der Waals surface area contributed by atoms with Gasteiger partial charge in [-0.05, 0) is 30.0 Å². The first-order chi connectivity index (χ1) is 12.7. The summed E-state index contributed by atoms with van der Waals surface area (Å²) >= 11 is 0. The van der Waals surface area contributed by atoms with E-state index in [1.165, 1.54) is 12.8 Å². The van der Waals surface area contributed by atoms with E-state index in [2.05, 4.69) is 4.57 Å². The highest BCUT2D eigenvalue weighted by molar-refractivity contribution is 5.89. The Kier molecular flexibility index (Phi) is 3.42. The predicted octanol–water partition coefficient (Wildman–Crippen LogP) is 4.62. The summed E-state index contributed by atoms with van der Waals surface area (Å²) in [5.74, 6) is 0.681. The van der Waals surface area contributed by atoms with Gasteiger partial charge in [-0.25, -0.2) is 4.98 Å². The van der Waals surface area contributed by atoms with Crippen molar-refractivity contribution < 1.29 is 9.90 Å². The number of carboxylic acids is 1. The second-order valence-corrected chi connectivity index (χ2v) is 7.80. The molecule has 1 saturated carbocycles. The van der Waals surface area contributed by atoms with Crippen LogP contribution in [0, 0.1) is 5.92 Å². The molecule has 3 aromatic rings. The van der Waals surface area contributed by atoms with Crippen molar-refractivity contribution in [3.8, 4) is 11.4 Å². The number of carbonyl (C=O) groups is 1. The number of benzene rings is 2. The number of aliphatic carboxylic acids is 1. The van der Waals surface area contributed by atoms with E-state index in [9.17, 15) is 9.90 Å². The van der Waals surface area contributed by atoms with Crippen LogP contribution < -0.4 is 0 Å². The summed E-state index contributed by atoms with van der Waals surface area (Å²) in [7, 11) is 0. The zero-order chi connectivity index (χ0) is 17.7. The Labute approximate surface area is 152 Å². The van der Waals surface area contributed by atoms with Gasteiger partial charge >= 0.3 is 5.97 Å². The summed E-state index contributed by atoms with van der Waals surface area (Å²) < 4.78 is 2.13. The van der Waals surface area contributed by atoms with Gasteiger partial charge in [0.25, 0.3) is 0 Å². The maximum Gasteiger partial charge on any atom is 0.315 e. The second kappa shape index (κ2) is 5.70. The van der Waals surface area contributed by atoms with Gasteiger partial charge in [-0.15, -0.1) is 0 Å². The third-order valence-corrected chi connectivity index (χ3v) is 6.29. The summed E-state index contributed by atoms with van der Waals surface area (Å²) in [5.41, 5.74) is 2.98. The summed E-state index contributed by atoms with van der Waals surface area (Å²) in [6.07, 6.45) is 5.46. The number of fused-ring (bicyclic) bond motifs is 5. The molecule has 1 aliphatic heterocycles. The highest BCUT2D eigenvalue weighted by Crippen LogP contribution is 2.47. The van der Waals surface area contributed by atoms with Crippen LogP contribution in [-0.2, 0) is 16.8 Å². The Hall–Kier alpha value is -2.62. The Morgan fingerprint density at radius 2 is 1.85 bits per heavy atom. The van der Waals surface area contributed by atoms with E-state index in [0.29, 0.717) is 18.9 Å². The molecular formula is C22H22N2O2. The van der Waals surface area contributed by atoms with Gasteiger partial charge in [0.15, 0.2) is 0 Å². The molecule has 0 bridgehead atoms. The lowest BCUT2D eigenvalue weighted by molar-refractivity contribution is -0.145. The van der Waals surface area contributed by atoms with Crippen molar-refractivity contribution in [1.82, 2.24) is 9.55 Å². The minimum absolute atomic E-state index is 0.464. The lowest BCUT2D eigenvalue weighted by atomic mass is 9.70. The third kappa shape index (κ3) is 2.14. The summed E-state index contributed by atoms with van der Waals surface area (Å²) in [5, 5.41) is 10.4. The van der Waals surface area contributed by atoms with Crippen LogP contribution in [0.2, 0.25) is 0 Å². The van der Waals surface area contributed by atoms with Crippen molar-refractivity contribution in [3.05, 3.63) is 54.1 Å². The van der Waals surface area contributed by atoms with Crippen molar-refractivity contribution in [1.29, 1.82) is 0 Å². The molecule has 4 nitrogen and oxygen atoms in total. The highest BCUT2D eigenvalue weighted by atomic mass is 16.4. The van der Waals surface area contributed by atoms with E-state index < -0.39 is 11.4 Å². The van der Waals surface area contributed by atoms with Gasteiger partial charge in [0.05, 0.1) is 11.0 Å². The molecule has 1 aromatic heterocycles. The average molecular weight is 346 g/mol. The lowest BCUT2D eigenvalue weighted by Gasteiger charge is -2.38. The SMILES string of the molecule is O=C(O)C1(CC2CCCC2)Cn2c(nc3ccccc32)-c2ccccc21. The zero-order valence-electron chi connectivity index (χ0n) is 14.7. The Morgan fingerprint density at radius 3 is 2.65 bits per heavy atom. The van der Waals surface area contributed by atoms with Gasteiger partial charge < -0.3 is 9.67 Å². The van der Waals surface area contributed by atoms with Crippen molar-refractivity contribution in [2.24, 2.45) is 5.92 Å². The van der Waals surface area contributed by atoms with E-state index in [1.807, 2.05) is 48.5 Å². The maximum atomic E-state index is 12.7. The maximum absolute atomic E-state index is 12.7. The fourth-order valence-corrected chi connectivity index (χ4v) is 5.04. The topological polar surface area (TPSA) is 55.1 Å². The molecule has 4 heteroatoms. The molecule has 0 saturated heterocycles. The van der Waals surface area contributed by atoms with Crippen molar-refractivity contribution in [3.63, 3.8) is 0 Å². The van der Waals surface area contributed by atoms with Crippen molar-refractivity contribution >= 4 is 17.0 Å². The predicted molar refractivity (Wildman–Crippen MR) is 101 cm³/mol. The number of nitrogens with zero attached hydrogens (tertiary/aromatic N) is 2. The molecule has 0 spiro atoms. The van der Waals surface area contributed by atoms with Gasteiger partial charge in [0.1, 0.15) is 11.2 Å². The van der Waals surface area contributed by atoms with Crippen LogP contribution in [0.1, 0.15) is 37.7 Å². The molecule has 0 amide bonds. The van der Waals surface area contributed by atoms with Gasteiger partial charge in [0, 0.05) is 12.1 Å². The van der Waals surface area contributed by atoms with Gasteiger partial charge in [0.2, 0.25) is 0 Å². The smallest absolute Gasteiger partial charge is 0.315 e. The van der Waals surface area contributed by atoms with E-state index in [0.717, 1.165) is 40.8 Å². The van der Waals surface area contributed by atoms with Crippen molar-refractivity contribution in [2.75, 3.05) is 0 Å².